The Bertz CT molecular complexity index is 1690. The van der Waals surface area contributed by atoms with E-state index >= 15 is 0 Å². The molecule has 33 heavy (non-hydrogen) atoms. The van der Waals surface area contributed by atoms with Crippen molar-refractivity contribution in [1.82, 2.24) is 15.0 Å². The molecule has 3 aliphatic heterocycles. The average Bonchev–Trinajstić information content (AvgIpc) is 2.77. The van der Waals surface area contributed by atoms with E-state index in [0.717, 1.165) is 44.8 Å². The highest BCUT2D eigenvalue weighted by molar-refractivity contribution is 6.11. The highest BCUT2D eigenvalue weighted by atomic mass is 16.2. The van der Waals surface area contributed by atoms with Crippen molar-refractivity contribution in [3.05, 3.63) is 108 Å². The van der Waals surface area contributed by atoms with Crippen LogP contribution in [0.4, 0.5) is 11.5 Å². The average molecular weight is 436 g/mol. The molecule has 0 saturated carbocycles. The molecule has 0 amide bonds. The molecule has 0 bridgehead atoms. The Morgan fingerprint density at radius 2 is 1.73 bits per heavy atom. The molecule has 3 aromatic rings. The summed E-state index contributed by atoms with van der Waals surface area (Å²) >= 11 is 0. The number of nitrogens with one attached hydrogen (secondary N) is 2. The molecular formula is C25H20N6O2. The third-order valence-corrected chi connectivity index (χ3v) is 6.26. The largest absolute Gasteiger partial charge is 0.327 e. The van der Waals surface area contributed by atoms with Crippen molar-refractivity contribution in [2.45, 2.75) is 26.7 Å². The predicted molar refractivity (Wildman–Crippen MR) is 126 cm³/mol. The zero-order chi connectivity index (χ0) is 22.9. The Balaban J connectivity index is 1.81. The summed E-state index contributed by atoms with van der Waals surface area (Å²) < 4.78 is 0. The molecule has 1 atom stereocenters. The van der Waals surface area contributed by atoms with E-state index in [4.69, 9.17) is 9.98 Å². The summed E-state index contributed by atoms with van der Waals surface area (Å²) in [6.45, 7) is 5.92. The van der Waals surface area contributed by atoms with Crippen LogP contribution in [0.25, 0.3) is 5.70 Å². The molecule has 8 nitrogen and oxygen atoms in total. The van der Waals surface area contributed by atoms with Crippen LogP contribution in [0.15, 0.2) is 68.3 Å². The summed E-state index contributed by atoms with van der Waals surface area (Å²) in [5.41, 5.74) is 5.24. The molecule has 8 heteroatoms. The van der Waals surface area contributed by atoms with Gasteiger partial charge in [-0.2, -0.15) is 0 Å². The number of aliphatic imine (C=N–C) groups is 1. The van der Waals surface area contributed by atoms with Crippen LogP contribution in [0.3, 0.4) is 0 Å². The van der Waals surface area contributed by atoms with E-state index in [-0.39, 0.29) is 5.82 Å². The third-order valence-electron chi connectivity index (χ3n) is 6.26. The number of aryl methyl sites for hydroxylation is 2. The Kier molecular flexibility index (Phi) is 4.01. The smallest absolute Gasteiger partial charge is 0.301 e. The van der Waals surface area contributed by atoms with Gasteiger partial charge in [-0.05, 0) is 38.5 Å². The van der Waals surface area contributed by atoms with E-state index in [2.05, 4.69) is 15.0 Å². The van der Waals surface area contributed by atoms with E-state index in [1.807, 2.05) is 74.4 Å². The lowest BCUT2D eigenvalue weighted by molar-refractivity contribution is 0.826. The summed E-state index contributed by atoms with van der Waals surface area (Å²) in [5, 5.41) is 0.925. The van der Waals surface area contributed by atoms with Gasteiger partial charge in [0.25, 0.3) is 5.56 Å². The fraction of sp³-hybridized carbons (Fsp3) is 0.160. The highest BCUT2D eigenvalue weighted by Crippen LogP contribution is 2.39. The molecule has 0 aliphatic carbocycles. The van der Waals surface area contributed by atoms with Gasteiger partial charge in [-0.15, -0.1) is 0 Å². The normalized spacial score (nSPS) is 17.5. The second kappa shape index (κ2) is 6.83. The minimum atomic E-state index is -0.592. The van der Waals surface area contributed by atoms with Crippen LogP contribution in [0.5, 0.6) is 0 Å². The van der Waals surface area contributed by atoms with Gasteiger partial charge in [-0.3, -0.25) is 14.8 Å². The second-order valence-corrected chi connectivity index (χ2v) is 8.41. The number of pyridine rings is 1. The molecule has 0 radical (unpaired) electrons. The number of benzene rings is 1. The van der Waals surface area contributed by atoms with Gasteiger partial charge in [0.05, 0.1) is 22.6 Å². The molecule has 2 N–H and O–H groups in total. The van der Waals surface area contributed by atoms with Crippen LogP contribution in [-0.4, -0.2) is 20.8 Å². The van der Waals surface area contributed by atoms with Gasteiger partial charge in [0.15, 0.2) is 5.49 Å². The fourth-order valence-corrected chi connectivity index (χ4v) is 4.85. The zero-order valence-corrected chi connectivity index (χ0v) is 18.3. The number of anilines is 1. The van der Waals surface area contributed by atoms with Crippen LogP contribution in [0.1, 0.15) is 40.8 Å². The van der Waals surface area contributed by atoms with Crippen molar-refractivity contribution in [3.8, 4) is 0 Å². The third kappa shape index (κ3) is 2.80. The van der Waals surface area contributed by atoms with Crippen LogP contribution < -0.4 is 26.9 Å². The second-order valence-electron chi connectivity index (χ2n) is 8.41. The van der Waals surface area contributed by atoms with Crippen molar-refractivity contribution in [1.29, 1.82) is 0 Å². The number of amidine groups is 1. The van der Waals surface area contributed by atoms with E-state index in [1.165, 1.54) is 0 Å². The quantitative estimate of drug-likeness (QED) is 0.476. The summed E-state index contributed by atoms with van der Waals surface area (Å²) in [6, 6.07) is 8.05. The zero-order valence-electron chi connectivity index (χ0n) is 18.3. The van der Waals surface area contributed by atoms with Gasteiger partial charge in [-0.25, -0.2) is 19.8 Å². The molecule has 3 aliphatic rings. The predicted octanol–water partition coefficient (Wildman–Crippen LogP) is 1.95. The van der Waals surface area contributed by atoms with Gasteiger partial charge in [0.1, 0.15) is 11.7 Å². The highest BCUT2D eigenvalue weighted by Gasteiger charge is 2.35. The Labute approximate surface area is 188 Å². The fourth-order valence-electron chi connectivity index (χ4n) is 4.85. The molecule has 0 saturated heterocycles. The first-order chi connectivity index (χ1) is 15.9. The van der Waals surface area contributed by atoms with E-state index in [9.17, 15) is 9.59 Å². The number of nitrogens with zero attached hydrogens (tertiary/aromatic N) is 4. The number of H-pyrrole nitrogens is 2. The van der Waals surface area contributed by atoms with Crippen molar-refractivity contribution in [2.24, 2.45) is 9.98 Å². The van der Waals surface area contributed by atoms with E-state index < -0.39 is 17.2 Å². The van der Waals surface area contributed by atoms with Crippen LogP contribution in [0.2, 0.25) is 0 Å². The number of hydrogen-bond acceptors (Lipinski definition) is 6. The Morgan fingerprint density at radius 1 is 0.939 bits per heavy atom. The first kappa shape index (κ1) is 19.4. The maximum absolute atomic E-state index is 13.1. The molecule has 0 fully saturated rings. The maximum Gasteiger partial charge on any atom is 0.327 e. The molecule has 5 heterocycles. The van der Waals surface area contributed by atoms with Crippen LogP contribution >= 0.6 is 0 Å². The van der Waals surface area contributed by atoms with Gasteiger partial charge < -0.3 is 4.90 Å². The first-order valence-corrected chi connectivity index (χ1v) is 10.7. The van der Waals surface area contributed by atoms with Crippen molar-refractivity contribution < 1.29 is 0 Å². The molecule has 1 aromatic carbocycles. The lowest BCUT2D eigenvalue weighted by atomic mass is 9.82. The number of aromatic amines is 2. The van der Waals surface area contributed by atoms with E-state index in [0.29, 0.717) is 11.1 Å². The molecule has 6 rings (SSSR count). The minimum Gasteiger partial charge on any atom is -0.301 e. The molecule has 162 valence electrons. The van der Waals surface area contributed by atoms with Gasteiger partial charge in [0.2, 0.25) is 0 Å². The standard InChI is InChI=1S/C25H20N6O2/c1-12-7-9-15(10-8-12)18-19-21-17(13(2)26-16-6-4-5-11-31(16)21)14(3)27-22(19)28-23-20(18)24(32)30-25(33)29-23/h4-11,18H,1-3H3,(H2,29,30,32,33). The first-order valence-electron chi connectivity index (χ1n) is 10.7. The minimum absolute atomic E-state index is 0.244. The van der Waals surface area contributed by atoms with Crippen LogP contribution in [-0.2, 0) is 0 Å². The Morgan fingerprint density at radius 3 is 2.52 bits per heavy atom. The Hall–Kier alpha value is -4.33. The SMILES string of the molecule is CC1=c2c(C)nc3c(c2N2C=CC=CC2=N1)C(c1ccc(C)cc1)c1c([nH]c(=O)[nH]c1=O)N=3. The summed E-state index contributed by atoms with van der Waals surface area (Å²) in [6.07, 6.45) is 7.81. The molecule has 0 spiro atoms. The monoisotopic (exact) mass is 436 g/mol. The molecular weight excluding hydrogens is 416 g/mol. The lowest BCUT2D eigenvalue weighted by Crippen LogP contribution is -2.42. The van der Waals surface area contributed by atoms with Crippen molar-refractivity contribution >= 4 is 23.0 Å². The number of aromatic nitrogens is 3. The summed E-state index contributed by atoms with van der Waals surface area (Å²) in [7, 11) is 0. The lowest BCUT2D eigenvalue weighted by Gasteiger charge is -2.33. The van der Waals surface area contributed by atoms with Crippen molar-refractivity contribution in [3.63, 3.8) is 0 Å². The number of rotatable bonds is 1. The van der Waals surface area contributed by atoms with E-state index in [1.54, 1.807) is 0 Å². The molecule has 2 aromatic heterocycles. The number of fused-ring (bicyclic) bond motifs is 6. The maximum atomic E-state index is 13.1. The topological polar surface area (TPSA) is 107 Å². The van der Waals surface area contributed by atoms with Gasteiger partial charge in [0, 0.05) is 22.9 Å². The van der Waals surface area contributed by atoms with Gasteiger partial charge >= 0.3 is 5.69 Å². The number of allylic oxidation sites excluding steroid dienone is 2. The summed E-state index contributed by atoms with van der Waals surface area (Å²) in [5.74, 6) is 0.564. The van der Waals surface area contributed by atoms with Gasteiger partial charge in [-0.1, -0.05) is 35.9 Å². The number of hydrogen-bond donors (Lipinski definition) is 2. The van der Waals surface area contributed by atoms with Crippen molar-refractivity contribution in [2.75, 3.05) is 4.90 Å². The van der Waals surface area contributed by atoms with Crippen LogP contribution in [0, 0.1) is 13.8 Å². The summed E-state index contributed by atoms with van der Waals surface area (Å²) in [4.78, 5) is 46.5. The molecule has 1 unspecified atom stereocenters.